The normalized spacial score (nSPS) is 9.89. The molecule has 0 radical (unpaired) electrons. The van der Waals surface area contributed by atoms with Crippen LogP contribution >= 0.6 is 11.5 Å². The number of aromatic nitrogens is 1. The van der Waals surface area contributed by atoms with Gasteiger partial charge in [0.05, 0.1) is 15.8 Å². The van der Waals surface area contributed by atoms with Crippen molar-refractivity contribution >= 4 is 21.6 Å². The van der Waals surface area contributed by atoms with Crippen LogP contribution in [-0.2, 0) is 0 Å². The van der Waals surface area contributed by atoms with Crippen LogP contribution in [0.4, 0.5) is 0 Å². The van der Waals surface area contributed by atoms with E-state index in [-0.39, 0.29) is 5.56 Å². The molecule has 0 aliphatic carbocycles. The van der Waals surface area contributed by atoms with Gasteiger partial charge in [-0.25, -0.2) is 3.96 Å². The lowest BCUT2D eigenvalue weighted by Crippen LogP contribution is -2.10. The van der Waals surface area contributed by atoms with Crippen molar-refractivity contribution in [2.24, 2.45) is 0 Å². The second-order valence-electron chi connectivity index (χ2n) is 3.52. The molecule has 3 heteroatoms. The molecule has 0 saturated carbocycles. The molecule has 0 N–H and O–H groups in total. The zero-order chi connectivity index (χ0) is 13.0. The van der Waals surface area contributed by atoms with E-state index in [2.05, 4.69) is 0 Å². The molecule has 0 aliphatic heterocycles. The molecule has 18 heavy (non-hydrogen) atoms. The molecular weight excluding hydrogens is 242 g/mol. The lowest BCUT2D eigenvalue weighted by molar-refractivity contribution is 1.14. The lowest BCUT2D eigenvalue weighted by atomic mass is 10.3. The number of hydrogen-bond acceptors (Lipinski definition) is 2. The Bertz CT molecular complexity index is 682. The van der Waals surface area contributed by atoms with Gasteiger partial charge in [0.15, 0.2) is 0 Å². The summed E-state index contributed by atoms with van der Waals surface area (Å²) in [5.41, 5.74) is 0.987. The van der Waals surface area contributed by atoms with Gasteiger partial charge in [-0.05, 0) is 24.3 Å². The van der Waals surface area contributed by atoms with Crippen LogP contribution in [0, 0.1) is 0 Å². The zero-order valence-electron chi connectivity index (χ0n) is 10.5. The van der Waals surface area contributed by atoms with Crippen LogP contribution in [0.3, 0.4) is 0 Å². The van der Waals surface area contributed by atoms with E-state index in [1.165, 1.54) is 11.5 Å². The number of fused-ring (bicyclic) bond motifs is 1. The molecule has 0 spiro atoms. The Morgan fingerprint density at radius 3 is 2.17 bits per heavy atom. The Morgan fingerprint density at radius 2 is 1.50 bits per heavy atom. The van der Waals surface area contributed by atoms with Gasteiger partial charge in [-0.1, -0.05) is 55.7 Å². The summed E-state index contributed by atoms with van der Waals surface area (Å²) in [4.78, 5) is 12.1. The number of hydrogen-bond donors (Lipinski definition) is 0. The van der Waals surface area contributed by atoms with Crippen LogP contribution in [0.2, 0.25) is 0 Å². The highest BCUT2D eigenvalue weighted by Gasteiger charge is 2.07. The number of rotatable bonds is 1. The Morgan fingerprint density at radius 1 is 0.889 bits per heavy atom. The van der Waals surface area contributed by atoms with E-state index in [1.54, 1.807) is 3.96 Å². The van der Waals surface area contributed by atoms with E-state index in [0.717, 1.165) is 15.8 Å². The van der Waals surface area contributed by atoms with Gasteiger partial charge in [-0.2, -0.15) is 0 Å². The Labute approximate surface area is 110 Å². The minimum absolute atomic E-state index is 0.0619. The molecule has 1 heterocycles. The third-order valence-electron chi connectivity index (χ3n) is 2.48. The van der Waals surface area contributed by atoms with E-state index in [1.807, 2.05) is 68.4 Å². The van der Waals surface area contributed by atoms with Crippen molar-refractivity contribution in [3.8, 4) is 5.69 Å². The fourth-order valence-electron chi connectivity index (χ4n) is 1.71. The summed E-state index contributed by atoms with van der Waals surface area (Å²) < 4.78 is 2.75. The molecule has 0 amide bonds. The maximum Gasteiger partial charge on any atom is 0.273 e. The van der Waals surface area contributed by atoms with Gasteiger partial charge in [0.25, 0.3) is 5.56 Å². The highest BCUT2D eigenvalue weighted by Crippen LogP contribution is 2.19. The van der Waals surface area contributed by atoms with Crippen LogP contribution in [0.15, 0.2) is 59.4 Å². The molecule has 0 unspecified atom stereocenters. The average molecular weight is 257 g/mol. The molecule has 3 aromatic rings. The molecule has 2 nitrogen and oxygen atoms in total. The Kier molecular flexibility index (Phi) is 3.95. The highest BCUT2D eigenvalue weighted by atomic mass is 32.1. The van der Waals surface area contributed by atoms with Gasteiger partial charge in [0.1, 0.15) is 0 Å². The predicted molar refractivity (Wildman–Crippen MR) is 78.8 cm³/mol. The van der Waals surface area contributed by atoms with Gasteiger partial charge in [-0.3, -0.25) is 4.79 Å². The van der Waals surface area contributed by atoms with Crippen molar-refractivity contribution < 1.29 is 0 Å². The quantitative estimate of drug-likeness (QED) is 0.644. The predicted octanol–water partition coefficient (Wildman–Crippen LogP) is 4.08. The van der Waals surface area contributed by atoms with Crippen LogP contribution in [0.1, 0.15) is 13.8 Å². The Hall–Kier alpha value is -1.87. The monoisotopic (exact) mass is 257 g/mol. The van der Waals surface area contributed by atoms with E-state index < -0.39 is 0 Å². The van der Waals surface area contributed by atoms with Crippen LogP contribution < -0.4 is 5.56 Å². The second kappa shape index (κ2) is 5.65. The third kappa shape index (κ3) is 2.22. The fourth-order valence-corrected chi connectivity index (χ4v) is 2.70. The minimum atomic E-state index is 0.0619. The number of para-hydroxylation sites is 1. The molecule has 1 aromatic heterocycles. The summed E-state index contributed by atoms with van der Waals surface area (Å²) in [5, 5.41) is 0.788. The standard InChI is InChI=1S/C13H9NOS.C2H6/c15-13-11-8-4-5-9-12(11)16-14(13)10-6-2-1-3-7-10;1-2/h1-9H;1-2H3. The van der Waals surface area contributed by atoms with Crippen LogP contribution in [0.5, 0.6) is 0 Å². The van der Waals surface area contributed by atoms with Crippen LogP contribution in [-0.4, -0.2) is 3.96 Å². The van der Waals surface area contributed by atoms with Crippen molar-refractivity contribution in [3.05, 3.63) is 65.0 Å². The highest BCUT2D eigenvalue weighted by molar-refractivity contribution is 7.14. The van der Waals surface area contributed by atoms with E-state index in [9.17, 15) is 4.79 Å². The first-order valence-electron chi connectivity index (χ1n) is 6.03. The fraction of sp³-hybridized carbons (Fsp3) is 0.133. The number of benzene rings is 2. The topological polar surface area (TPSA) is 22.0 Å². The van der Waals surface area contributed by atoms with Crippen molar-refractivity contribution in [3.63, 3.8) is 0 Å². The van der Waals surface area contributed by atoms with Crippen molar-refractivity contribution in [2.75, 3.05) is 0 Å². The molecule has 0 bridgehead atoms. The van der Waals surface area contributed by atoms with Crippen LogP contribution in [0.25, 0.3) is 15.8 Å². The maximum atomic E-state index is 12.1. The molecule has 92 valence electrons. The van der Waals surface area contributed by atoms with Gasteiger partial charge >= 0.3 is 0 Å². The summed E-state index contributed by atoms with van der Waals surface area (Å²) in [6.07, 6.45) is 0. The molecule has 0 aliphatic rings. The molecule has 0 fully saturated rings. The van der Waals surface area contributed by atoms with Crippen molar-refractivity contribution in [1.29, 1.82) is 0 Å². The van der Waals surface area contributed by atoms with Crippen molar-refractivity contribution in [2.45, 2.75) is 13.8 Å². The maximum absolute atomic E-state index is 12.1. The molecule has 2 aromatic carbocycles. The van der Waals surface area contributed by atoms with E-state index >= 15 is 0 Å². The average Bonchev–Trinajstić information content (AvgIpc) is 2.80. The first-order valence-corrected chi connectivity index (χ1v) is 6.80. The second-order valence-corrected chi connectivity index (χ2v) is 4.51. The molecule has 0 saturated heterocycles. The molecule has 3 rings (SSSR count). The lowest BCUT2D eigenvalue weighted by Gasteiger charge is -1.97. The van der Waals surface area contributed by atoms with Gasteiger partial charge in [0.2, 0.25) is 0 Å². The SMILES string of the molecule is CC.O=c1c2ccccc2sn1-c1ccccc1. The number of nitrogens with zero attached hydrogens (tertiary/aromatic N) is 1. The zero-order valence-corrected chi connectivity index (χ0v) is 11.3. The van der Waals surface area contributed by atoms with E-state index in [0.29, 0.717) is 0 Å². The third-order valence-corrected chi connectivity index (χ3v) is 3.59. The summed E-state index contributed by atoms with van der Waals surface area (Å²) in [5.74, 6) is 0. The van der Waals surface area contributed by atoms with Gasteiger partial charge in [0, 0.05) is 0 Å². The first kappa shape index (κ1) is 12.6. The Balaban J connectivity index is 0.000000574. The van der Waals surface area contributed by atoms with Gasteiger partial charge in [-0.15, -0.1) is 0 Å². The molecular formula is C15H15NOS. The summed E-state index contributed by atoms with van der Waals surface area (Å²) in [6, 6.07) is 17.4. The largest absolute Gasteiger partial charge is 0.273 e. The van der Waals surface area contributed by atoms with E-state index in [4.69, 9.17) is 0 Å². The summed E-state index contributed by atoms with van der Waals surface area (Å²) in [6.45, 7) is 4.00. The molecule has 0 atom stereocenters. The first-order chi connectivity index (χ1) is 8.86. The summed E-state index contributed by atoms with van der Waals surface area (Å²) in [7, 11) is 0. The summed E-state index contributed by atoms with van der Waals surface area (Å²) >= 11 is 1.48. The smallest absolute Gasteiger partial charge is 0.267 e. The minimum Gasteiger partial charge on any atom is -0.267 e. The van der Waals surface area contributed by atoms with Gasteiger partial charge < -0.3 is 0 Å². The van der Waals surface area contributed by atoms with Crippen molar-refractivity contribution in [1.82, 2.24) is 3.96 Å².